The van der Waals surface area contributed by atoms with E-state index in [0.29, 0.717) is 29.4 Å². The van der Waals surface area contributed by atoms with Gasteiger partial charge in [-0.3, -0.25) is 9.52 Å². The third-order valence-corrected chi connectivity index (χ3v) is 9.71. The normalized spacial score (nSPS) is 16.7. The number of fused-ring (bicyclic) bond motifs is 1. The summed E-state index contributed by atoms with van der Waals surface area (Å²) < 4.78 is 58.5. The third-order valence-electron chi connectivity index (χ3n) is 7.86. The lowest BCUT2D eigenvalue weighted by Crippen LogP contribution is -2.43. The minimum atomic E-state index is -3.90. The van der Waals surface area contributed by atoms with Crippen LogP contribution in [0.25, 0.3) is 22.2 Å². The number of hydrogen-bond acceptors (Lipinski definition) is 7. The molecule has 3 aromatic heterocycles. The lowest BCUT2D eigenvalue weighted by Gasteiger charge is -2.28. The van der Waals surface area contributed by atoms with Gasteiger partial charge in [-0.1, -0.05) is 19.3 Å². The molecular weight excluding hydrogens is 550 g/mol. The summed E-state index contributed by atoms with van der Waals surface area (Å²) in [5, 5.41) is 3.04. The zero-order valence-electron chi connectivity index (χ0n) is 22.3. The van der Waals surface area contributed by atoms with E-state index in [1.165, 1.54) is 6.20 Å². The smallest absolute Gasteiger partial charge is 0.235 e. The van der Waals surface area contributed by atoms with Crippen LogP contribution in [0.5, 0.6) is 0 Å². The lowest BCUT2D eigenvalue weighted by atomic mass is 10.00. The number of H-pyrrole nitrogens is 1. The predicted octanol–water partition coefficient (Wildman–Crippen LogP) is 4.62. The molecule has 4 aromatic rings. The maximum absolute atomic E-state index is 15.6. The number of hydrogen-bond donors (Lipinski definition) is 3. The molecule has 214 valence electrons. The van der Waals surface area contributed by atoms with Crippen LogP contribution in [0.15, 0.2) is 48.9 Å². The zero-order valence-corrected chi connectivity index (χ0v) is 23.1. The molecule has 0 atom stereocenters. The van der Waals surface area contributed by atoms with Crippen LogP contribution < -0.4 is 14.9 Å². The van der Waals surface area contributed by atoms with Crippen LogP contribution in [0, 0.1) is 11.6 Å². The fourth-order valence-corrected chi connectivity index (χ4v) is 7.16. The Bertz CT molecular complexity index is 1700. The highest BCUT2D eigenvalue weighted by atomic mass is 32.2. The first-order valence-electron chi connectivity index (χ1n) is 13.8. The van der Waals surface area contributed by atoms with Crippen molar-refractivity contribution in [2.45, 2.75) is 37.4 Å². The predicted molar refractivity (Wildman–Crippen MR) is 154 cm³/mol. The van der Waals surface area contributed by atoms with Crippen LogP contribution in [-0.4, -0.2) is 60.6 Å². The third kappa shape index (κ3) is 5.41. The molecule has 41 heavy (non-hydrogen) atoms. The maximum atomic E-state index is 15.6. The van der Waals surface area contributed by atoms with E-state index in [9.17, 15) is 17.6 Å². The number of sulfonamides is 1. The van der Waals surface area contributed by atoms with Crippen LogP contribution in [0.2, 0.25) is 0 Å². The first-order chi connectivity index (χ1) is 19.8. The Balaban J connectivity index is 1.30. The number of benzene rings is 1. The Morgan fingerprint density at radius 1 is 0.976 bits per heavy atom. The Morgan fingerprint density at radius 3 is 2.46 bits per heavy atom. The number of aromatic amines is 1. The number of ketones is 1. The topological polar surface area (TPSA) is 120 Å². The Labute approximate surface area is 236 Å². The fraction of sp³-hybridized carbons (Fsp3) is 0.345. The molecule has 9 nitrogen and oxygen atoms in total. The number of pyridine rings is 2. The van der Waals surface area contributed by atoms with E-state index in [1.807, 2.05) is 12.1 Å². The Kier molecular flexibility index (Phi) is 7.43. The summed E-state index contributed by atoms with van der Waals surface area (Å²) in [6.07, 6.45) is 8.17. The fourth-order valence-electron chi connectivity index (χ4n) is 5.57. The number of piperazine rings is 1. The Hall–Kier alpha value is -3.90. The highest BCUT2D eigenvalue weighted by molar-refractivity contribution is 7.93. The standard InChI is InChI=1S/C29H30F2N6O3S/c30-23-7-8-24(36-41(39,40)20-4-2-1-3-5-20)27(31)26(23)28(38)22-17-35-29-21(22)14-19(16-34-29)18-6-9-25(33-15-18)37-12-10-32-11-13-37/h6-9,14-17,20,32,36H,1-5,10-13H2,(H,34,35). The number of carbonyl (C=O) groups excluding carboxylic acids is 1. The van der Waals surface area contributed by atoms with E-state index in [2.05, 4.69) is 29.9 Å². The van der Waals surface area contributed by atoms with E-state index >= 15 is 4.39 Å². The van der Waals surface area contributed by atoms with Gasteiger partial charge in [-0.15, -0.1) is 0 Å². The van der Waals surface area contributed by atoms with Gasteiger partial charge in [-0.2, -0.15) is 0 Å². The minimum Gasteiger partial charge on any atom is -0.354 e. The van der Waals surface area contributed by atoms with Gasteiger partial charge in [0.05, 0.1) is 16.5 Å². The van der Waals surface area contributed by atoms with E-state index in [0.717, 1.165) is 69.0 Å². The van der Waals surface area contributed by atoms with Crippen LogP contribution in [0.4, 0.5) is 20.3 Å². The largest absolute Gasteiger partial charge is 0.354 e. The number of nitrogens with one attached hydrogen (secondary N) is 3. The maximum Gasteiger partial charge on any atom is 0.235 e. The average Bonchev–Trinajstić information content (AvgIpc) is 3.43. The molecule has 4 heterocycles. The Morgan fingerprint density at radius 2 is 1.73 bits per heavy atom. The van der Waals surface area contributed by atoms with Gasteiger partial charge in [0.25, 0.3) is 0 Å². The molecule has 1 aliphatic heterocycles. The SMILES string of the molecule is O=C(c1c(F)ccc(NS(=O)(=O)C2CCCCC2)c1F)c1c[nH]c2ncc(-c3ccc(N4CCNCC4)nc3)cc12. The summed E-state index contributed by atoms with van der Waals surface area (Å²) in [7, 11) is -3.90. The molecule has 3 N–H and O–H groups in total. The molecule has 0 bridgehead atoms. The molecule has 0 spiro atoms. The van der Waals surface area contributed by atoms with Crippen molar-refractivity contribution in [1.29, 1.82) is 0 Å². The van der Waals surface area contributed by atoms with Crippen molar-refractivity contribution in [2.24, 2.45) is 0 Å². The quantitative estimate of drug-likeness (QED) is 0.273. The lowest BCUT2D eigenvalue weighted by molar-refractivity contribution is 0.103. The number of aromatic nitrogens is 3. The van der Waals surface area contributed by atoms with Crippen molar-refractivity contribution in [1.82, 2.24) is 20.3 Å². The summed E-state index contributed by atoms with van der Waals surface area (Å²) >= 11 is 0. The minimum absolute atomic E-state index is 0.0184. The van der Waals surface area contributed by atoms with Gasteiger partial charge < -0.3 is 15.2 Å². The highest BCUT2D eigenvalue weighted by Crippen LogP contribution is 2.31. The van der Waals surface area contributed by atoms with E-state index in [4.69, 9.17) is 0 Å². The number of carbonyl (C=O) groups is 1. The molecule has 12 heteroatoms. The van der Waals surface area contributed by atoms with Crippen LogP contribution in [0.1, 0.15) is 48.0 Å². The van der Waals surface area contributed by atoms with E-state index in [-0.39, 0.29) is 5.56 Å². The first-order valence-corrected chi connectivity index (χ1v) is 15.3. The summed E-state index contributed by atoms with van der Waals surface area (Å²) in [6, 6.07) is 7.48. The van der Waals surface area contributed by atoms with Gasteiger partial charge in [0, 0.05) is 66.8 Å². The second-order valence-electron chi connectivity index (χ2n) is 10.5. The second-order valence-corrected chi connectivity index (χ2v) is 12.4. The summed E-state index contributed by atoms with van der Waals surface area (Å²) in [5.74, 6) is -2.39. The molecule has 1 saturated heterocycles. The average molecular weight is 581 g/mol. The monoisotopic (exact) mass is 580 g/mol. The second kappa shape index (κ2) is 11.2. The van der Waals surface area contributed by atoms with Gasteiger partial charge >= 0.3 is 0 Å². The van der Waals surface area contributed by atoms with Crippen molar-refractivity contribution >= 4 is 38.3 Å². The molecular formula is C29H30F2N6O3S. The van der Waals surface area contributed by atoms with Gasteiger partial charge in [-0.05, 0) is 43.2 Å². The number of rotatable bonds is 7. The van der Waals surface area contributed by atoms with Crippen molar-refractivity contribution in [3.8, 4) is 11.1 Å². The van der Waals surface area contributed by atoms with E-state index in [1.54, 1.807) is 18.5 Å². The van der Waals surface area contributed by atoms with Crippen molar-refractivity contribution < 1.29 is 22.0 Å². The van der Waals surface area contributed by atoms with E-state index < -0.39 is 43.9 Å². The molecule has 0 radical (unpaired) electrons. The molecule has 0 amide bonds. The van der Waals surface area contributed by atoms with Crippen molar-refractivity contribution in [3.05, 3.63) is 71.7 Å². The first kappa shape index (κ1) is 27.3. The summed E-state index contributed by atoms with van der Waals surface area (Å²) in [4.78, 5) is 27.6. The number of nitrogens with zero attached hydrogens (tertiary/aromatic N) is 3. The van der Waals surface area contributed by atoms with Gasteiger partial charge in [0.15, 0.2) is 5.82 Å². The number of halogens is 2. The summed E-state index contributed by atoms with van der Waals surface area (Å²) in [6.45, 7) is 3.52. The van der Waals surface area contributed by atoms with Crippen LogP contribution in [0.3, 0.4) is 0 Å². The van der Waals surface area contributed by atoms with Crippen LogP contribution in [-0.2, 0) is 10.0 Å². The highest BCUT2D eigenvalue weighted by Gasteiger charge is 2.30. The molecule has 1 aromatic carbocycles. The number of anilines is 2. The van der Waals surface area contributed by atoms with Crippen LogP contribution >= 0.6 is 0 Å². The molecule has 1 aliphatic carbocycles. The van der Waals surface area contributed by atoms with Crippen molar-refractivity contribution in [3.63, 3.8) is 0 Å². The van der Waals surface area contributed by atoms with Gasteiger partial charge in [-0.25, -0.2) is 27.2 Å². The van der Waals surface area contributed by atoms with Gasteiger partial charge in [0.1, 0.15) is 17.3 Å². The molecule has 1 saturated carbocycles. The molecule has 2 aliphatic rings. The van der Waals surface area contributed by atoms with Crippen molar-refractivity contribution in [2.75, 3.05) is 35.8 Å². The summed E-state index contributed by atoms with van der Waals surface area (Å²) in [5.41, 5.74) is 0.564. The molecule has 0 unspecified atom stereocenters. The zero-order chi connectivity index (χ0) is 28.6. The van der Waals surface area contributed by atoms with Gasteiger partial charge in [0.2, 0.25) is 15.8 Å². The molecule has 2 fully saturated rings. The molecule has 6 rings (SSSR count).